The van der Waals surface area contributed by atoms with Crippen LogP contribution in [-0.2, 0) is 11.2 Å². The van der Waals surface area contributed by atoms with Crippen LogP contribution in [0.25, 0.3) is 5.52 Å². The van der Waals surface area contributed by atoms with Crippen molar-refractivity contribution in [3.63, 3.8) is 0 Å². The molecule has 0 amide bonds. The molecule has 15 heavy (non-hydrogen) atoms. The van der Waals surface area contributed by atoms with Gasteiger partial charge in [-0.05, 0) is 35.0 Å². The van der Waals surface area contributed by atoms with Crippen LogP contribution in [0.4, 0.5) is 0 Å². The molecule has 4 nitrogen and oxygen atoms in total. The van der Waals surface area contributed by atoms with Gasteiger partial charge in [-0.15, -0.1) is 0 Å². The zero-order valence-electron chi connectivity index (χ0n) is 8.07. The zero-order chi connectivity index (χ0) is 11.0. The lowest BCUT2D eigenvalue weighted by atomic mass is 10.2. The van der Waals surface area contributed by atoms with Gasteiger partial charge in [-0.2, -0.15) is 0 Å². The first kappa shape index (κ1) is 10.2. The van der Waals surface area contributed by atoms with Gasteiger partial charge in [0, 0.05) is 5.69 Å². The molecule has 0 aliphatic rings. The number of hydrogen-bond acceptors (Lipinski definition) is 2. The van der Waals surface area contributed by atoms with Crippen molar-refractivity contribution in [1.82, 2.24) is 9.38 Å². The first-order valence-corrected chi connectivity index (χ1v) is 5.23. The summed E-state index contributed by atoms with van der Waals surface area (Å²) in [5, 5.41) is 8.78. The number of carboxylic acid groups (broad SMARTS) is 1. The Balaban J connectivity index is 2.69. The number of aryl methyl sites for hydroxylation is 1. The molecule has 2 rings (SSSR count). The Hall–Kier alpha value is -1.36. The van der Waals surface area contributed by atoms with Crippen LogP contribution in [0, 0.1) is 6.92 Å². The average Bonchev–Trinajstić information content (AvgIpc) is 2.43. The highest BCUT2D eigenvalue weighted by Gasteiger charge is 2.10. The quantitative estimate of drug-likeness (QED) is 0.907. The van der Waals surface area contributed by atoms with Crippen molar-refractivity contribution < 1.29 is 9.90 Å². The Morgan fingerprint density at radius 1 is 1.60 bits per heavy atom. The summed E-state index contributed by atoms with van der Waals surface area (Å²) in [5.74, 6) is -0.0551. The second-order valence-electron chi connectivity index (χ2n) is 3.26. The molecule has 2 aromatic rings. The second-order valence-corrected chi connectivity index (χ2v) is 4.01. The molecule has 78 valence electrons. The van der Waals surface area contributed by atoms with Crippen molar-refractivity contribution in [2.45, 2.75) is 13.3 Å². The topological polar surface area (TPSA) is 54.6 Å². The number of halogens is 1. The summed E-state index contributed by atoms with van der Waals surface area (Å²) in [6.07, 6.45) is 0.000972. The van der Waals surface area contributed by atoms with E-state index in [0.29, 0.717) is 0 Å². The monoisotopic (exact) mass is 268 g/mol. The lowest BCUT2D eigenvalue weighted by Gasteiger charge is -2.03. The Labute approximate surface area is 94.7 Å². The maximum absolute atomic E-state index is 10.7. The van der Waals surface area contributed by atoms with Crippen molar-refractivity contribution in [3.8, 4) is 0 Å². The number of hydrogen-bond donors (Lipinski definition) is 1. The molecule has 2 aromatic heterocycles. The molecule has 2 heterocycles. The molecule has 0 aromatic carbocycles. The average molecular weight is 269 g/mol. The minimum Gasteiger partial charge on any atom is -0.481 e. The molecule has 0 atom stereocenters. The maximum atomic E-state index is 10.7. The predicted octanol–water partition coefficient (Wildman–Crippen LogP) is 2.03. The summed E-state index contributed by atoms with van der Waals surface area (Å²) in [4.78, 5) is 14.9. The molecule has 0 saturated carbocycles. The Bertz CT molecular complexity index is 533. The molecule has 5 heteroatoms. The third-order valence-corrected chi connectivity index (χ3v) is 2.78. The van der Waals surface area contributed by atoms with E-state index in [1.54, 1.807) is 6.07 Å². The fourth-order valence-electron chi connectivity index (χ4n) is 1.64. The largest absolute Gasteiger partial charge is 0.481 e. The van der Waals surface area contributed by atoms with Gasteiger partial charge < -0.3 is 5.11 Å². The van der Waals surface area contributed by atoms with E-state index in [1.165, 1.54) is 0 Å². The molecule has 0 aliphatic heterocycles. The number of aliphatic carboxylic acids is 1. The summed E-state index contributed by atoms with van der Waals surface area (Å²) < 4.78 is 2.59. The van der Waals surface area contributed by atoms with Crippen molar-refractivity contribution in [3.05, 3.63) is 34.3 Å². The van der Waals surface area contributed by atoms with Gasteiger partial charge in [-0.25, -0.2) is 4.98 Å². The van der Waals surface area contributed by atoms with Gasteiger partial charge in [0.1, 0.15) is 10.4 Å². The normalized spacial score (nSPS) is 10.8. The van der Waals surface area contributed by atoms with E-state index in [-0.39, 0.29) is 6.42 Å². The summed E-state index contributed by atoms with van der Waals surface area (Å²) in [7, 11) is 0. The molecular weight excluding hydrogens is 260 g/mol. The van der Waals surface area contributed by atoms with E-state index in [0.717, 1.165) is 21.6 Å². The molecule has 0 radical (unpaired) electrons. The molecule has 0 unspecified atom stereocenters. The van der Waals surface area contributed by atoms with Crippen molar-refractivity contribution in [2.75, 3.05) is 0 Å². The van der Waals surface area contributed by atoms with E-state index in [4.69, 9.17) is 5.11 Å². The standard InChI is InChI=1S/C10H9BrN2O2/c1-6-12-10(11)8-4-2-3-7(13(6)8)5-9(14)15/h2-4H,5H2,1H3,(H,14,15). The summed E-state index contributed by atoms with van der Waals surface area (Å²) >= 11 is 3.34. The zero-order valence-corrected chi connectivity index (χ0v) is 9.65. The van der Waals surface area contributed by atoms with Gasteiger partial charge in [0.05, 0.1) is 11.9 Å². The first-order valence-electron chi connectivity index (χ1n) is 4.44. The Morgan fingerprint density at radius 2 is 2.33 bits per heavy atom. The van der Waals surface area contributed by atoms with Crippen LogP contribution in [0.15, 0.2) is 22.8 Å². The van der Waals surface area contributed by atoms with Gasteiger partial charge in [-0.3, -0.25) is 9.20 Å². The van der Waals surface area contributed by atoms with Crippen LogP contribution >= 0.6 is 15.9 Å². The van der Waals surface area contributed by atoms with Gasteiger partial charge in [0.15, 0.2) is 0 Å². The van der Waals surface area contributed by atoms with Gasteiger partial charge in [0.25, 0.3) is 0 Å². The number of carboxylic acids is 1. The number of aromatic nitrogens is 2. The van der Waals surface area contributed by atoms with Crippen LogP contribution < -0.4 is 0 Å². The second kappa shape index (κ2) is 3.66. The predicted molar refractivity (Wildman–Crippen MR) is 59.0 cm³/mol. The molecule has 0 aliphatic carbocycles. The van der Waals surface area contributed by atoms with Crippen molar-refractivity contribution in [2.24, 2.45) is 0 Å². The number of nitrogens with zero attached hydrogens (tertiary/aromatic N) is 2. The van der Waals surface area contributed by atoms with Gasteiger partial charge in [-0.1, -0.05) is 6.07 Å². The third kappa shape index (κ3) is 1.74. The van der Waals surface area contributed by atoms with E-state index >= 15 is 0 Å². The number of pyridine rings is 1. The minimum atomic E-state index is -0.841. The molecule has 0 bridgehead atoms. The fraction of sp³-hybridized carbons (Fsp3) is 0.200. The maximum Gasteiger partial charge on any atom is 0.309 e. The Morgan fingerprint density at radius 3 is 3.00 bits per heavy atom. The smallest absolute Gasteiger partial charge is 0.309 e. The molecule has 0 fully saturated rings. The van der Waals surface area contributed by atoms with E-state index < -0.39 is 5.97 Å². The van der Waals surface area contributed by atoms with Crippen molar-refractivity contribution >= 4 is 27.4 Å². The molecular formula is C10H9BrN2O2. The highest BCUT2D eigenvalue weighted by Crippen LogP contribution is 2.20. The van der Waals surface area contributed by atoms with Gasteiger partial charge >= 0.3 is 5.97 Å². The first-order chi connectivity index (χ1) is 7.09. The SMILES string of the molecule is Cc1nc(Br)c2cccc(CC(=O)O)n12. The van der Waals surface area contributed by atoms with E-state index in [1.807, 2.05) is 23.5 Å². The third-order valence-electron chi connectivity index (χ3n) is 2.20. The van der Waals surface area contributed by atoms with E-state index in [9.17, 15) is 4.79 Å². The lowest BCUT2D eigenvalue weighted by molar-refractivity contribution is -0.136. The summed E-state index contributed by atoms with van der Waals surface area (Å²) in [6.45, 7) is 1.85. The highest BCUT2D eigenvalue weighted by molar-refractivity contribution is 9.10. The van der Waals surface area contributed by atoms with Crippen LogP contribution in [0.5, 0.6) is 0 Å². The van der Waals surface area contributed by atoms with E-state index in [2.05, 4.69) is 20.9 Å². The summed E-state index contributed by atoms with van der Waals surface area (Å²) in [5.41, 5.74) is 1.63. The number of carbonyl (C=O) groups is 1. The fourth-order valence-corrected chi connectivity index (χ4v) is 2.21. The minimum absolute atomic E-state index is 0.000972. The Kier molecular flexibility index (Phi) is 2.48. The molecule has 1 N–H and O–H groups in total. The lowest BCUT2D eigenvalue weighted by Crippen LogP contribution is -2.06. The van der Waals surface area contributed by atoms with Crippen molar-refractivity contribution in [1.29, 1.82) is 0 Å². The molecule has 0 saturated heterocycles. The van der Waals surface area contributed by atoms with Crippen LogP contribution in [0.3, 0.4) is 0 Å². The molecule has 0 spiro atoms. The number of fused-ring (bicyclic) bond motifs is 1. The van der Waals surface area contributed by atoms with Crippen LogP contribution in [0.2, 0.25) is 0 Å². The highest BCUT2D eigenvalue weighted by atomic mass is 79.9. The summed E-state index contributed by atoms with van der Waals surface area (Å²) in [6, 6.07) is 5.52. The number of rotatable bonds is 2. The van der Waals surface area contributed by atoms with Crippen LogP contribution in [-0.4, -0.2) is 20.5 Å². The number of imidazole rings is 1. The van der Waals surface area contributed by atoms with Gasteiger partial charge in [0.2, 0.25) is 0 Å². The van der Waals surface area contributed by atoms with Crippen LogP contribution in [0.1, 0.15) is 11.5 Å².